The Morgan fingerprint density at radius 3 is 2.74 bits per heavy atom. The van der Waals surface area contributed by atoms with Crippen LogP contribution in [-0.2, 0) is 6.54 Å². The average molecular weight is 258 g/mol. The maximum atomic E-state index is 11.8. The number of nitrogens with zero attached hydrogens (tertiary/aromatic N) is 2. The maximum absolute atomic E-state index is 11.8. The van der Waals surface area contributed by atoms with Crippen molar-refractivity contribution in [1.82, 2.24) is 9.78 Å². The van der Waals surface area contributed by atoms with Crippen molar-refractivity contribution in [2.75, 3.05) is 7.11 Å². The monoisotopic (exact) mass is 258 g/mol. The molecule has 0 aliphatic carbocycles. The van der Waals surface area contributed by atoms with Crippen LogP contribution in [0.3, 0.4) is 0 Å². The van der Waals surface area contributed by atoms with Gasteiger partial charge < -0.3 is 4.74 Å². The smallest absolute Gasteiger partial charge is 0.277 e. The highest BCUT2D eigenvalue weighted by molar-refractivity contribution is 5.78. The minimum absolute atomic E-state index is 0.0951. The molecule has 0 N–H and O–H groups in total. The summed E-state index contributed by atoms with van der Waals surface area (Å²) in [6.45, 7) is 2.21. The molecule has 0 atom stereocenters. The summed E-state index contributed by atoms with van der Waals surface area (Å²) >= 11 is 0. The fraction of sp³-hybridized carbons (Fsp3) is 0.214. The van der Waals surface area contributed by atoms with E-state index in [0.29, 0.717) is 24.3 Å². The number of benzene rings is 1. The summed E-state index contributed by atoms with van der Waals surface area (Å²) in [4.78, 5) is 22.8. The molecule has 0 bridgehead atoms. The van der Waals surface area contributed by atoms with Crippen molar-refractivity contribution in [3.63, 3.8) is 0 Å². The molecular weight excluding hydrogens is 244 g/mol. The molecule has 98 valence electrons. The van der Waals surface area contributed by atoms with Gasteiger partial charge in [0, 0.05) is 12.1 Å². The van der Waals surface area contributed by atoms with Gasteiger partial charge in [-0.15, -0.1) is 0 Å². The molecule has 2 rings (SSSR count). The number of aryl methyl sites for hydroxylation is 1. The number of para-hydroxylation sites is 1. The van der Waals surface area contributed by atoms with E-state index < -0.39 is 0 Å². The zero-order chi connectivity index (χ0) is 13.8. The Morgan fingerprint density at radius 1 is 1.37 bits per heavy atom. The standard InChI is InChI=1S/C14H14N2O3/c1-3-16-14(18)10(9-17)8-12(15-16)11-6-4-5-7-13(11)19-2/h4-9H,3H2,1-2H3. The van der Waals surface area contributed by atoms with Gasteiger partial charge in [-0.2, -0.15) is 5.10 Å². The Hall–Kier alpha value is -2.43. The summed E-state index contributed by atoms with van der Waals surface area (Å²) in [5, 5.41) is 4.24. The summed E-state index contributed by atoms with van der Waals surface area (Å²) < 4.78 is 6.53. The molecule has 5 nitrogen and oxygen atoms in total. The van der Waals surface area contributed by atoms with Crippen molar-refractivity contribution in [1.29, 1.82) is 0 Å². The van der Waals surface area contributed by atoms with Crippen molar-refractivity contribution in [2.45, 2.75) is 13.5 Å². The minimum atomic E-state index is -0.379. The van der Waals surface area contributed by atoms with Crippen molar-refractivity contribution < 1.29 is 9.53 Å². The van der Waals surface area contributed by atoms with Crippen LogP contribution in [-0.4, -0.2) is 23.2 Å². The molecule has 1 heterocycles. The lowest BCUT2D eigenvalue weighted by atomic mass is 10.1. The van der Waals surface area contributed by atoms with Gasteiger partial charge in [0.05, 0.1) is 18.4 Å². The van der Waals surface area contributed by atoms with Gasteiger partial charge >= 0.3 is 0 Å². The van der Waals surface area contributed by atoms with Gasteiger partial charge in [-0.25, -0.2) is 4.68 Å². The van der Waals surface area contributed by atoms with Gasteiger partial charge in [0.1, 0.15) is 5.75 Å². The molecule has 0 aliphatic heterocycles. The van der Waals surface area contributed by atoms with Gasteiger partial charge in [-0.1, -0.05) is 12.1 Å². The summed E-state index contributed by atoms with van der Waals surface area (Å²) in [5.74, 6) is 0.646. The van der Waals surface area contributed by atoms with E-state index in [2.05, 4.69) is 5.10 Å². The largest absolute Gasteiger partial charge is 0.496 e. The number of hydrogen-bond acceptors (Lipinski definition) is 4. The van der Waals surface area contributed by atoms with E-state index in [0.717, 1.165) is 5.56 Å². The molecule has 0 saturated heterocycles. The van der Waals surface area contributed by atoms with Gasteiger partial charge in [0.25, 0.3) is 5.56 Å². The second kappa shape index (κ2) is 5.48. The first-order valence-corrected chi connectivity index (χ1v) is 5.92. The van der Waals surface area contributed by atoms with Crippen LogP contribution in [0.1, 0.15) is 17.3 Å². The van der Waals surface area contributed by atoms with Crippen LogP contribution in [0.15, 0.2) is 35.1 Å². The third-order valence-electron chi connectivity index (χ3n) is 2.81. The molecule has 0 fully saturated rings. The first-order valence-electron chi connectivity index (χ1n) is 5.92. The normalized spacial score (nSPS) is 10.2. The second-order valence-electron chi connectivity index (χ2n) is 3.92. The molecule has 2 aromatic rings. The number of rotatable bonds is 4. The number of ether oxygens (including phenoxy) is 1. The molecule has 1 aromatic heterocycles. The highest BCUT2D eigenvalue weighted by Gasteiger charge is 2.11. The van der Waals surface area contributed by atoms with Crippen LogP contribution in [0.4, 0.5) is 0 Å². The third-order valence-corrected chi connectivity index (χ3v) is 2.81. The molecular formula is C14H14N2O3. The molecule has 0 aliphatic rings. The SMILES string of the molecule is CCn1nc(-c2ccccc2OC)cc(C=O)c1=O. The predicted octanol–water partition coefficient (Wildman–Crippen LogP) is 1.75. The van der Waals surface area contributed by atoms with Crippen LogP contribution < -0.4 is 10.3 Å². The molecule has 0 spiro atoms. The molecule has 0 unspecified atom stereocenters. The minimum Gasteiger partial charge on any atom is -0.496 e. The van der Waals surface area contributed by atoms with Crippen molar-refractivity contribution >= 4 is 6.29 Å². The number of methoxy groups -OCH3 is 1. The Morgan fingerprint density at radius 2 is 2.11 bits per heavy atom. The van der Waals surface area contributed by atoms with Crippen LogP contribution in [0.5, 0.6) is 5.75 Å². The summed E-state index contributed by atoms with van der Waals surface area (Å²) in [5.41, 5.74) is 1.00. The Labute approximate surface area is 110 Å². The second-order valence-corrected chi connectivity index (χ2v) is 3.92. The van der Waals surface area contributed by atoms with E-state index >= 15 is 0 Å². The van der Waals surface area contributed by atoms with E-state index in [-0.39, 0.29) is 11.1 Å². The lowest BCUT2D eigenvalue weighted by molar-refractivity contribution is 0.112. The fourth-order valence-corrected chi connectivity index (χ4v) is 1.85. The van der Waals surface area contributed by atoms with E-state index in [1.807, 2.05) is 18.2 Å². The van der Waals surface area contributed by atoms with Crippen molar-refractivity contribution in [3.8, 4) is 17.0 Å². The highest BCUT2D eigenvalue weighted by atomic mass is 16.5. The molecule has 5 heteroatoms. The third kappa shape index (κ3) is 2.40. The maximum Gasteiger partial charge on any atom is 0.277 e. The van der Waals surface area contributed by atoms with Gasteiger partial charge in [0.15, 0.2) is 6.29 Å². The van der Waals surface area contributed by atoms with Crippen molar-refractivity contribution in [3.05, 3.63) is 46.2 Å². The molecule has 0 radical (unpaired) electrons. The zero-order valence-electron chi connectivity index (χ0n) is 10.8. The molecule has 0 amide bonds. The Bertz CT molecular complexity index is 662. The number of aldehydes is 1. The first kappa shape index (κ1) is 13.0. The quantitative estimate of drug-likeness (QED) is 0.784. The van der Waals surface area contributed by atoms with Gasteiger partial charge in [0.2, 0.25) is 0 Å². The van der Waals surface area contributed by atoms with E-state index in [1.165, 1.54) is 10.7 Å². The Balaban J connectivity index is 2.69. The zero-order valence-corrected chi connectivity index (χ0v) is 10.8. The summed E-state index contributed by atoms with van der Waals surface area (Å²) in [6.07, 6.45) is 0.551. The number of aromatic nitrogens is 2. The average Bonchev–Trinajstić information content (AvgIpc) is 2.47. The van der Waals surface area contributed by atoms with Crippen LogP contribution in [0.2, 0.25) is 0 Å². The molecule has 19 heavy (non-hydrogen) atoms. The topological polar surface area (TPSA) is 61.2 Å². The van der Waals surface area contributed by atoms with E-state index in [4.69, 9.17) is 4.74 Å². The van der Waals surface area contributed by atoms with Crippen molar-refractivity contribution in [2.24, 2.45) is 0 Å². The molecule has 1 aromatic carbocycles. The van der Waals surface area contributed by atoms with Gasteiger partial charge in [-0.05, 0) is 25.1 Å². The predicted molar refractivity (Wildman–Crippen MR) is 71.5 cm³/mol. The lowest BCUT2D eigenvalue weighted by Gasteiger charge is -2.10. The van der Waals surface area contributed by atoms with Gasteiger partial charge in [-0.3, -0.25) is 9.59 Å². The number of carbonyl (C=O) groups is 1. The molecule has 0 saturated carbocycles. The summed E-state index contributed by atoms with van der Waals surface area (Å²) in [6, 6.07) is 8.82. The van der Waals surface area contributed by atoms with Crippen LogP contribution in [0.25, 0.3) is 11.3 Å². The van der Waals surface area contributed by atoms with E-state index in [9.17, 15) is 9.59 Å². The first-order chi connectivity index (χ1) is 9.21. The summed E-state index contributed by atoms with van der Waals surface area (Å²) in [7, 11) is 1.56. The van der Waals surface area contributed by atoms with Crippen LogP contribution in [0, 0.1) is 0 Å². The van der Waals surface area contributed by atoms with E-state index in [1.54, 1.807) is 20.1 Å². The van der Waals surface area contributed by atoms with Crippen LogP contribution >= 0.6 is 0 Å². The Kier molecular flexibility index (Phi) is 3.75. The number of hydrogen-bond donors (Lipinski definition) is 0. The highest BCUT2D eigenvalue weighted by Crippen LogP contribution is 2.27. The number of carbonyl (C=O) groups excluding carboxylic acids is 1. The lowest BCUT2D eigenvalue weighted by Crippen LogP contribution is -2.25. The fourth-order valence-electron chi connectivity index (χ4n) is 1.85.